The van der Waals surface area contributed by atoms with Crippen molar-refractivity contribution in [3.05, 3.63) is 170 Å². The highest BCUT2D eigenvalue weighted by molar-refractivity contribution is 5.93. The molecule has 0 unspecified atom stereocenters. The van der Waals surface area contributed by atoms with E-state index < -0.39 is 0 Å². The van der Waals surface area contributed by atoms with Crippen molar-refractivity contribution < 1.29 is 0 Å². The Hall–Kier alpha value is -6.26. The molecule has 0 atom stereocenters. The van der Waals surface area contributed by atoms with E-state index in [1.165, 1.54) is 5.56 Å². The lowest BCUT2D eigenvalue weighted by Crippen LogP contribution is -1.97. The molecule has 0 aliphatic rings. The zero-order valence-electron chi connectivity index (χ0n) is 25.0. The molecule has 0 aliphatic carbocycles. The summed E-state index contributed by atoms with van der Waals surface area (Å²) in [6.07, 6.45) is 0. The van der Waals surface area contributed by atoms with Gasteiger partial charge in [-0.1, -0.05) is 152 Å². The van der Waals surface area contributed by atoms with E-state index in [1.54, 1.807) is 0 Å². The Morgan fingerprint density at radius 3 is 1.50 bits per heavy atom. The van der Waals surface area contributed by atoms with Crippen LogP contribution in [0.25, 0.3) is 78.6 Å². The third-order valence-corrected chi connectivity index (χ3v) is 8.11. The molecule has 0 spiro atoms. The van der Waals surface area contributed by atoms with Gasteiger partial charge < -0.3 is 0 Å². The van der Waals surface area contributed by atoms with Crippen LogP contribution in [0.2, 0.25) is 0 Å². The van der Waals surface area contributed by atoms with E-state index in [9.17, 15) is 0 Å². The van der Waals surface area contributed by atoms with Gasteiger partial charge in [0.2, 0.25) is 0 Å². The van der Waals surface area contributed by atoms with Gasteiger partial charge in [0, 0.05) is 33.2 Å². The number of nitrogens with zero attached hydrogens (tertiary/aromatic N) is 4. The SMILES string of the molecule is c1ccc(-c2cccc(-c3cc(-c4ccc(-c5nc(-c6ccccc6)c6ccccc6n5)cc4)nc(-c4ccccc4)n3)c2)cc1. The highest BCUT2D eigenvalue weighted by Crippen LogP contribution is 2.32. The second-order valence-corrected chi connectivity index (χ2v) is 11.1. The highest BCUT2D eigenvalue weighted by Gasteiger charge is 2.14. The van der Waals surface area contributed by atoms with Crippen LogP contribution in [0.1, 0.15) is 0 Å². The third-order valence-electron chi connectivity index (χ3n) is 8.11. The van der Waals surface area contributed by atoms with Crippen LogP contribution in [0.4, 0.5) is 0 Å². The van der Waals surface area contributed by atoms with Crippen LogP contribution in [-0.2, 0) is 0 Å². The van der Waals surface area contributed by atoms with Crippen LogP contribution in [0.15, 0.2) is 170 Å². The summed E-state index contributed by atoms with van der Waals surface area (Å²) < 4.78 is 0. The molecule has 2 heterocycles. The zero-order chi connectivity index (χ0) is 30.7. The van der Waals surface area contributed by atoms with Crippen LogP contribution in [0.5, 0.6) is 0 Å². The lowest BCUT2D eigenvalue weighted by atomic mass is 10.0. The molecule has 0 saturated carbocycles. The zero-order valence-corrected chi connectivity index (χ0v) is 25.0. The molecule has 6 aromatic carbocycles. The minimum Gasteiger partial charge on any atom is -0.228 e. The Bertz CT molecular complexity index is 2280. The smallest absolute Gasteiger partial charge is 0.160 e. The number of para-hydroxylation sites is 1. The first-order chi connectivity index (χ1) is 22.8. The number of fused-ring (bicyclic) bond motifs is 1. The summed E-state index contributed by atoms with van der Waals surface area (Å²) in [7, 11) is 0. The summed E-state index contributed by atoms with van der Waals surface area (Å²) >= 11 is 0. The summed E-state index contributed by atoms with van der Waals surface area (Å²) in [5, 5.41) is 1.03. The normalized spacial score (nSPS) is 11.0. The summed E-state index contributed by atoms with van der Waals surface area (Å²) in [6, 6.07) is 58.0. The van der Waals surface area contributed by atoms with Gasteiger partial charge in [-0.3, -0.25) is 0 Å². The van der Waals surface area contributed by atoms with Gasteiger partial charge in [0.25, 0.3) is 0 Å². The number of hydrogen-bond donors (Lipinski definition) is 0. The number of aromatic nitrogens is 4. The molecular formula is C42H28N4. The quantitative estimate of drug-likeness (QED) is 0.194. The average molecular weight is 589 g/mol. The molecule has 0 bridgehead atoms. The second kappa shape index (κ2) is 12.0. The molecule has 8 aromatic rings. The van der Waals surface area contributed by atoms with Crippen LogP contribution in [-0.4, -0.2) is 19.9 Å². The van der Waals surface area contributed by atoms with Crippen molar-refractivity contribution in [3.8, 4) is 67.7 Å². The summed E-state index contributed by atoms with van der Waals surface area (Å²) in [4.78, 5) is 20.1. The monoisotopic (exact) mass is 588 g/mol. The fraction of sp³-hybridized carbons (Fsp3) is 0. The molecule has 0 saturated heterocycles. The van der Waals surface area contributed by atoms with Gasteiger partial charge in [0.1, 0.15) is 0 Å². The minimum absolute atomic E-state index is 0.688. The van der Waals surface area contributed by atoms with Crippen molar-refractivity contribution in [2.24, 2.45) is 0 Å². The number of hydrogen-bond acceptors (Lipinski definition) is 4. The first kappa shape index (κ1) is 27.3. The van der Waals surface area contributed by atoms with Crippen LogP contribution in [0.3, 0.4) is 0 Å². The van der Waals surface area contributed by atoms with E-state index in [0.29, 0.717) is 11.6 Å². The molecule has 0 amide bonds. The van der Waals surface area contributed by atoms with Crippen molar-refractivity contribution in [2.45, 2.75) is 0 Å². The molecule has 0 aliphatic heterocycles. The Balaban J connectivity index is 1.21. The lowest BCUT2D eigenvalue weighted by Gasteiger charge is -2.12. The Morgan fingerprint density at radius 2 is 0.783 bits per heavy atom. The highest BCUT2D eigenvalue weighted by atomic mass is 14.9. The number of rotatable bonds is 6. The van der Waals surface area contributed by atoms with E-state index in [4.69, 9.17) is 19.9 Å². The molecular weight excluding hydrogens is 560 g/mol. The molecule has 216 valence electrons. The summed E-state index contributed by atoms with van der Waals surface area (Å²) in [5.74, 6) is 1.38. The molecule has 4 nitrogen and oxygen atoms in total. The van der Waals surface area contributed by atoms with Gasteiger partial charge in [0.05, 0.1) is 22.6 Å². The van der Waals surface area contributed by atoms with E-state index in [-0.39, 0.29) is 0 Å². The number of benzene rings is 6. The van der Waals surface area contributed by atoms with Crippen LogP contribution >= 0.6 is 0 Å². The fourth-order valence-corrected chi connectivity index (χ4v) is 5.76. The molecule has 8 rings (SSSR count). The van der Waals surface area contributed by atoms with Gasteiger partial charge >= 0.3 is 0 Å². The van der Waals surface area contributed by atoms with Gasteiger partial charge in [0.15, 0.2) is 11.6 Å². The second-order valence-electron chi connectivity index (χ2n) is 11.1. The van der Waals surface area contributed by atoms with Crippen molar-refractivity contribution >= 4 is 10.9 Å². The average Bonchev–Trinajstić information content (AvgIpc) is 3.15. The molecule has 0 radical (unpaired) electrons. The Labute approximate surface area is 267 Å². The maximum absolute atomic E-state index is 5.05. The first-order valence-electron chi connectivity index (χ1n) is 15.3. The largest absolute Gasteiger partial charge is 0.228 e. The van der Waals surface area contributed by atoms with Crippen LogP contribution < -0.4 is 0 Å². The molecule has 0 fully saturated rings. The van der Waals surface area contributed by atoms with E-state index in [2.05, 4.69) is 97.1 Å². The molecule has 4 heteroatoms. The van der Waals surface area contributed by atoms with E-state index in [0.717, 1.165) is 61.4 Å². The van der Waals surface area contributed by atoms with Gasteiger partial charge in [-0.2, -0.15) is 0 Å². The first-order valence-corrected chi connectivity index (χ1v) is 15.3. The van der Waals surface area contributed by atoms with Gasteiger partial charge in [-0.25, -0.2) is 19.9 Å². The summed E-state index contributed by atoms with van der Waals surface area (Å²) in [5.41, 5.74) is 10.9. The van der Waals surface area contributed by atoms with Gasteiger partial charge in [-0.05, 0) is 29.3 Å². The Morgan fingerprint density at radius 1 is 0.283 bits per heavy atom. The van der Waals surface area contributed by atoms with E-state index in [1.807, 2.05) is 72.8 Å². The topological polar surface area (TPSA) is 51.6 Å². The molecule has 46 heavy (non-hydrogen) atoms. The third kappa shape index (κ3) is 5.44. The van der Waals surface area contributed by atoms with Crippen molar-refractivity contribution in [3.63, 3.8) is 0 Å². The van der Waals surface area contributed by atoms with Crippen molar-refractivity contribution in [1.29, 1.82) is 0 Å². The molecule has 2 aromatic heterocycles. The minimum atomic E-state index is 0.688. The maximum Gasteiger partial charge on any atom is 0.160 e. The van der Waals surface area contributed by atoms with Crippen molar-refractivity contribution in [2.75, 3.05) is 0 Å². The van der Waals surface area contributed by atoms with Gasteiger partial charge in [-0.15, -0.1) is 0 Å². The Kier molecular flexibility index (Phi) is 7.14. The van der Waals surface area contributed by atoms with Crippen molar-refractivity contribution in [1.82, 2.24) is 19.9 Å². The lowest BCUT2D eigenvalue weighted by molar-refractivity contribution is 1.18. The van der Waals surface area contributed by atoms with E-state index >= 15 is 0 Å². The summed E-state index contributed by atoms with van der Waals surface area (Å²) in [6.45, 7) is 0. The fourth-order valence-electron chi connectivity index (χ4n) is 5.76. The maximum atomic E-state index is 5.05. The van der Waals surface area contributed by atoms with Crippen LogP contribution in [0, 0.1) is 0 Å². The standard InChI is InChI=1S/C42H28N4/c1-4-13-29(14-5-1)34-19-12-20-35(27-34)39-28-38(44-41(45-39)32-17-8-3-9-18-32)30-23-25-33(26-24-30)42-43-37-22-11-10-21-36(37)40(46-42)31-15-6-2-7-16-31/h1-28H. The predicted molar refractivity (Wildman–Crippen MR) is 188 cm³/mol. The predicted octanol–water partition coefficient (Wildman–Crippen LogP) is 10.4. The molecule has 0 N–H and O–H groups in total.